The Morgan fingerprint density at radius 1 is 0.897 bits per heavy atom. The van der Waals surface area contributed by atoms with Gasteiger partial charge in [-0.05, 0) is 60.4 Å². The van der Waals surface area contributed by atoms with Gasteiger partial charge in [0, 0.05) is 0 Å². The highest BCUT2D eigenvalue weighted by atomic mass is 19.1. The summed E-state index contributed by atoms with van der Waals surface area (Å²) in [6.45, 7) is 1.48. The largest absolute Gasteiger partial charge is 0.494 e. The third kappa shape index (κ3) is 5.60. The van der Waals surface area contributed by atoms with Gasteiger partial charge in [-0.1, -0.05) is 18.2 Å². The van der Waals surface area contributed by atoms with Crippen LogP contribution in [0.2, 0.25) is 0 Å². The molecule has 0 heterocycles. The lowest BCUT2D eigenvalue weighted by Crippen LogP contribution is -1.96. The van der Waals surface area contributed by atoms with Crippen molar-refractivity contribution in [3.63, 3.8) is 0 Å². The molecule has 0 spiro atoms. The lowest BCUT2D eigenvalue weighted by atomic mass is 10.0. The average molecular weight is 400 g/mol. The SMILES string of the molecule is COc1cc(C/C=C\C(C)=O)c(/C=C\c2cc(OC)c(OC)c(OC)c2)cc1F. The first-order chi connectivity index (χ1) is 13.9. The summed E-state index contributed by atoms with van der Waals surface area (Å²) >= 11 is 0. The Hall–Kier alpha value is -3.28. The molecule has 2 aromatic carbocycles. The van der Waals surface area contributed by atoms with Gasteiger partial charge in [0.25, 0.3) is 0 Å². The van der Waals surface area contributed by atoms with Gasteiger partial charge in [0.05, 0.1) is 28.4 Å². The molecule has 0 aliphatic carbocycles. The molecule has 29 heavy (non-hydrogen) atoms. The number of benzene rings is 2. The van der Waals surface area contributed by atoms with E-state index in [9.17, 15) is 9.18 Å². The molecular weight excluding hydrogens is 375 g/mol. The van der Waals surface area contributed by atoms with Crippen LogP contribution in [0.25, 0.3) is 12.2 Å². The highest BCUT2D eigenvalue weighted by Gasteiger charge is 2.13. The lowest BCUT2D eigenvalue weighted by molar-refractivity contribution is -0.112. The van der Waals surface area contributed by atoms with E-state index in [1.165, 1.54) is 33.3 Å². The van der Waals surface area contributed by atoms with Crippen molar-refractivity contribution in [3.8, 4) is 23.0 Å². The predicted octanol–water partition coefficient (Wildman–Crippen LogP) is 4.72. The maximum Gasteiger partial charge on any atom is 0.203 e. The third-order valence-electron chi connectivity index (χ3n) is 4.25. The molecule has 2 aromatic rings. The smallest absolute Gasteiger partial charge is 0.203 e. The fourth-order valence-electron chi connectivity index (χ4n) is 2.83. The van der Waals surface area contributed by atoms with Gasteiger partial charge in [-0.3, -0.25) is 4.79 Å². The molecule has 0 aliphatic heterocycles. The Morgan fingerprint density at radius 3 is 2.03 bits per heavy atom. The van der Waals surface area contributed by atoms with Crippen molar-refractivity contribution in [1.82, 2.24) is 0 Å². The molecule has 0 bridgehead atoms. The number of carbonyl (C=O) groups excluding carboxylic acids is 1. The Balaban J connectivity index is 2.45. The van der Waals surface area contributed by atoms with Crippen molar-refractivity contribution >= 4 is 17.9 Å². The van der Waals surface area contributed by atoms with Gasteiger partial charge in [0.15, 0.2) is 28.8 Å². The van der Waals surface area contributed by atoms with Gasteiger partial charge in [0.2, 0.25) is 5.75 Å². The van der Waals surface area contributed by atoms with Crippen LogP contribution in [0.15, 0.2) is 36.4 Å². The predicted molar refractivity (Wildman–Crippen MR) is 112 cm³/mol. The molecule has 0 aromatic heterocycles. The second kappa shape index (κ2) is 10.3. The van der Waals surface area contributed by atoms with E-state index in [4.69, 9.17) is 18.9 Å². The standard InChI is InChI=1S/C23H25FO5/c1-15(25)7-6-8-17-14-20(26-2)19(24)13-18(17)10-9-16-11-21(27-3)23(29-5)22(12-16)28-4/h6-7,9-14H,8H2,1-5H3/b7-6-,10-9-. The van der Waals surface area contributed by atoms with Crippen LogP contribution in [-0.4, -0.2) is 34.2 Å². The van der Waals surface area contributed by atoms with E-state index in [-0.39, 0.29) is 11.5 Å². The summed E-state index contributed by atoms with van der Waals surface area (Å²) in [4.78, 5) is 11.2. The topological polar surface area (TPSA) is 54.0 Å². The summed E-state index contributed by atoms with van der Waals surface area (Å²) in [6.07, 6.45) is 7.31. The van der Waals surface area contributed by atoms with Gasteiger partial charge in [-0.2, -0.15) is 0 Å². The molecule has 0 saturated heterocycles. The number of halogens is 1. The van der Waals surface area contributed by atoms with Crippen LogP contribution >= 0.6 is 0 Å². The monoisotopic (exact) mass is 400 g/mol. The number of carbonyl (C=O) groups is 1. The number of ether oxygens (including phenoxy) is 4. The molecule has 154 valence electrons. The van der Waals surface area contributed by atoms with E-state index >= 15 is 0 Å². The molecule has 0 saturated carbocycles. The molecule has 0 atom stereocenters. The first kappa shape index (κ1) is 22.0. The Kier molecular flexibility index (Phi) is 7.83. The maximum atomic E-state index is 14.3. The van der Waals surface area contributed by atoms with Crippen LogP contribution in [-0.2, 0) is 11.2 Å². The molecular formula is C23H25FO5. The number of hydrogen-bond acceptors (Lipinski definition) is 5. The van der Waals surface area contributed by atoms with Crippen molar-refractivity contribution in [1.29, 1.82) is 0 Å². The molecule has 0 amide bonds. The second-order valence-electron chi connectivity index (χ2n) is 6.19. The zero-order chi connectivity index (χ0) is 21.4. The molecule has 0 radical (unpaired) electrons. The first-order valence-electron chi connectivity index (χ1n) is 8.95. The van der Waals surface area contributed by atoms with Crippen LogP contribution in [0, 0.1) is 5.82 Å². The maximum absolute atomic E-state index is 14.3. The minimum absolute atomic E-state index is 0.0476. The number of allylic oxidation sites excluding steroid dienone is 2. The minimum atomic E-state index is -0.462. The summed E-state index contributed by atoms with van der Waals surface area (Å²) < 4.78 is 35.4. The molecule has 0 N–H and O–H groups in total. The summed E-state index contributed by atoms with van der Waals surface area (Å²) in [5, 5.41) is 0. The van der Waals surface area contributed by atoms with Gasteiger partial charge >= 0.3 is 0 Å². The molecule has 5 nitrogen and oxygen atoms in total. The number of rotatable bonds is 9. The molecule has 2 rings (SSSR count). The Labute approximate surface area is 170 Å². The van der Waals surface area contributed by atoms with E-state index in [2.05, 4.69) is 0 Å². The average Bonchev–Trinajstić information content (AvgIpc) is 2.72. The quantitative estimate of drug-likeness (QED) is 0.450. The van der Waals surface area contributed by atoms with E-state index in [0.29, 0.717) is 29.2 Å². The minimum Gasteiger partial charge on any atom is -0.494 e. The highest BCUT2D eigenvalue weighted by molar-refractivity contribution is 5.87. The Bertz CT molecular complexity index is 906. The van der Waals surface area contributed by atoms with Crippen molar-refractivity contribution in [2.45, 2.75) is 13.3 Å². The van der Waals surface area contributed by atoms with Crippen molar-refractivity contribution in [2.24, 2.45) is 0 Å². The molecule has 6 heteroatoms. The van der Waals surface area contributed by atoms with Crippen LogP contribution in [0.4, 0.5) is 4.39 Å². The molecule has 0 aliphatic rings. The van der Waals surface area contributed by atoms with Crippen molar-refractivity contribution in [3.05, 3.63) is 58.9 Å². The number of ketones is 1. The summed E-state index contributed by atoms with van der Waals surface area (Å²) in [5.41, 5.74) is 2.29. The van der Waals surface area contributed by atoms with E-state index in [1.54, 1.807) is 44.6 Å². The molecule has 0 unspecified atom stereocenters. The zero-order valence-corrected chi connectivity index (χ0v) is 17.2. The van der Waals surface area contributed by atoms with Gasteiger partial charge in [0.1, 0.15) is 0 Å². The fraction of sp³-hybridized carbons (Fsp3) is 0.261. The van der Waals surface area contributed by atoms with Crippen molar-refractivity contribution < 1.29 is 28.1 Å². The first-order valence-corrected chi connectivity index (χ1v) is 8.95. The van der Waals surface area contributed by atoms with Crippen LogP contribution in [0.3, 0.4) is 0 Å². The van der Waals surface area contributed by atoms with E-state index in [0.717, 1.165) is 11.1 Å². The number of hydrogen-bond donors (Lipinski definition) is 0. The highest BCUT2D eigenvalue weighted by Crippen LogP contribution is 2.38. The zero-order valence-electron chi connectivity index (χ0n) is 17.2. The second-order valence-corrected chi connectivity index (χ2v) is 6.19. The van der Waals surface area contributed by atoms with Crippen LogP contribution in [0.1, 0.15) is 23.6 Å². The van der Waals surface area contributed by atoms with Gasteiger partial charge in [-0.25, -0.2) is 4.39 Å². The van der Waals surface area contributed by atoms with Gasteiger partial charge < -0.3 is 18.9 Å². The summed E-state index contributed by atoms with van der Waals surface area (Å²) in [6, 6.07) is 6.64. The van der Waals surface area contributed by atoms with Crippen LogP contribution in [0.5, 0.6) is 23.0 Å². The summed E-state index contributed by atoms with van der Waals surface area (Å²) in [7, 11) is 6.04. The van der Waals surface area contributed by atoms with Crippen molar-refractivity contribution in [2.75, 3.05) is 28.4 Å². The Morgan fingerprint density at radius 2 is 1.52 bits per heavy atom. The van der Waals surface area contributed by atoms with E-state index < -0.39 is 5.82 Å². The van der Waals surface area contributed by atoms with E-state index in [1.807, 2.05) is 6.08 Å². The fourth-order valence-corrected chi connectivity index (χ4v) is 2.83. The normalized spacial score (nSPS) is 11.1. The van der Waals surface area contributed by atoms with Crippen LogP contribution < -0.4 is 18.9 Å². The number of methoxy groups -OCH3 is 4. The third-order valence-corrected chi connectivity index (χ3v) is 4.25. The van der Waals surface area contributed by atoms with Gasteiger partial charge in [-0.15, -0.1) is 0 Å². The molecule has 0 fully saturated rings. The lowest BCUT2D eigenvalue weighted by Gasteiger charge is -2.13. The summed E-state index contributed by atoms with van der Waals surface area (Å²) in [5.74, 6) is 1.19.